The van der Waals surface area contributed by atoms with Crippen LogP contribution in [0.2, 0.25) is 0 Å². The molecule has 2 aromatic heterocycles. The quantitative estimate of drug-likeness (QED) is 0.393. The van der Waals surface area contributed by atoms with Crippen molar-refractivity contribution in [2.75, 3.05) is 0 Å². The molecule has 0 bridgehead atoms. The third kappa shape index (κ3) is 3.37. The highest BCUT2D eigenvalue weighted by Crippen LogP contribution is 2.31. The lowest BCUT2D eigenvalue weighted by Crippen LogP contribution is -2.06. The minimum Gasteiger partial charge on any atom is -0.355 e. The van der Waals surface area contributed by atoms with Gasteiger partial charge in [-0.1, -0.05) is 60.7 Å². The molecule has 4 heteroatoms. The van der Waals surface area contributed by atoms with Crippen molar-refractivity contribution in [1.82, 2.24) is 9.97 Å². The summed E-state index contributed by atoms with van der Waals surface area (Å²) in [6, 6.07) is 26.6. The fraction of sp³-hybridized carbons (Fsp3) is 0.0435. The second-order valence-corrected chi connectivity index (χ2v) is 6.35. The highest BCUT2D eigenvalue weighted by atomic mass is 16.1. The van der Waals surface area contributed by atoms with E-state index in [1.807, 2.05) is 66.7 Å². The second kappa shape index (κ2) is 7.30. The van der Waals surface area contributed by atoms with Crippen LogP contribution in [0, 0.1) is 0 Å². The Labute approximate surface area is 156 Å². The molecule has 2 N–H and O–H groups in total. The van der Waals surface area contributed by atoms with Crippen LogP contribution in [-0.2, 0) is 0 Å². The van der Waals surface area contributed by atoms with Crippen LogP contribution in [0.25, 0.3) is 0 Å². The van der Waals surface area contributed by atoms with Crippen molar-refractivity contribution in [3.8, 4) is 0 Å². The van der Waals surface area contributed by atoms with Gasteiger partial charge in [-0.2, -0.15) is 0 Å². The lowest BCUT2D eigenvalue weighted by atomic mass is 9.93. The maximum Gasteiger partial charge on any atom is 0.209 e. The number of hydrogen-bond acceptors (Lipinski definition) is 2. The monoisotopic (exact) mass is 354 g/mol. The molecule has 2 heterocycles. The first-order valence-corrected chi connectivity index (χ1v) is 8.74. The summed E-state index contributed by atoms with van der Waals surface area (Å²) in [5.41, 5.74) is 4.56. The van der Waals surface area contributed by atoms with Crippen molar-refractivity contribution in [1.29, 1.82) is 0 Å². The van der Waals surface area contributed by atoms with Crippen molar-refractivity contribution in [3.63, 3.8) is 0 Å². The van der Waals surface area contributed by atoms with Crippen LogP contribution in [0.3, 0.4) is 0 Å². The van der Waals surface area contributed by atoms with Gasteiger partial charge in [0.15, 0.2) is 6.29 Å². The van der Waals surface area contributed by atoms with Gasteiger partial charge < -0.3 is 9.97 Å². The predicted molar refractivity (Wildman–Crippen MR) is 104 cm³/mol. The third-order valence-electron chi connectivity index (χ3n) is 4.60. The number of aromatic amines is 2. The van der Waals surface area contributed by atoms with Crippen molar-refractivity contribution < 1.29 is 9.59 Å². The van der Waals surface area contributed by atoms with Gasteiger partial charge >= 0.3 is 0 Å². The summed E-state index contributed by atoms with van der Waals surface area (Å²) in [7, 11) is 0. The molecule has 0 amide bonds. The molecule has 4 aromatic rings. The van der Waals surface area contributed by atoms with Crippen molar-refractivity contribution in [3.05, 3.63) is 119 Å². The number of carbonyl (C=O) groups is 2. The largest absolute Gasteiger partial charge is 0.355 e. The van der Waals surface area contributed by atoms with Crippen LogP contribution in [0.1, 0.15) is 49.4 Å². The number of nitrogens with one attached hydrogen (secondary N) is 2. The number of aromatic nitrogens is 2. The van der Waals surface area contributed by atoms with Crippen LogP contribution in [-0.4, -0.2) is 22.0 Å². The number of ketones is 1. The molecule has 0 saturated heterocycles. The van der Waals surface area contributed by atoms with E-state index in [9.17, 15) is 9.59 Å². The Kier molecular flexibility index (Phi) is 4.54. The van der Waals surface area contributed by atoms with Crippen LogP contribution < -0.4 is 0 Å². The van der Waals surface area contributed by atoms with E-state index in [0.717, 1.165) is 23.2 Å². The molecule has 0 saturated carbocycles. The van der Waals surface area contributed by atoms with E-state index < -0.39 is 0 Å². The molecule has 0 spiro atoms. The Hall–Kier alpha value is -3.66. The Balaban J connectivity index is 1.74. The summed E-state index contributed by atoms with van der Waals surface area (Å²) in [5.74, 6) is -0.175. The zero-order valence-electron chi connectivity index (χ0n) is 14.6. The Morgan fingerprint density at radius 2 is 1.37 bits per heavy atom. The van der Waals surface area contributed by atoms with Crippen molar-refractivity contribution in [2.45, 2.75) is 5.92 Å². The molecule has 4 nitrogen and oxygen atoms in total. The number of aldehydes is 1. The molecule has 4 rings (SSSR count). The summed E-state index contributed by atoms with van der Waals surface area (Å²) in [6.07, 6.45) is 0.796. The molecule has 0 aliphatic carbocycles. The summed E-state index contributed by atoms with van der Waals surface area (Å²) >= 11 is 0. The summed E-state index contributed by atoms with van der Waals surface area (Å²) in [6.45, 7) is 0. The molecule has 1 unspecified atom stereocenters. The summed E-state index contributed by atoms with van der Waals surface area (Å²) in [4.78, 5) is 30.2. The maximum atomic E-state index is 12.7. The first kappa shape index (κ1) is 16.8. The molecule has 2 aromatic carbocycles. The molecular weight excluding hydrogens is 336 g/mol. The molecule has 0 aliphatic heterocycles. The Morgan fingerprint density at radius 3 is 2.04 bits per heavy atom. The fourth-order valence-electron chi connectivity index (χ4n) is 3.30. The highest BCUT2D eigenvalue weighted by Gasteiger charge is 2.21. The average molecular weight is 354 g/mol. The minimum atomic E-state index is -0.128. The fourth-order valence-corrected chi connectivity index (χ4v) is 3.30. The van der Waals surface area contributed by atoms with E-state index in [4.69, 9.17) is 0 Å². The number of rotatable bonds is 6. The molecule has 132 valence electrons. The number of H-pyrrole nitrogens is 2. The van der Waals surface area contributed by atoms with E-state index in [1.54, 1.807) is 18.2 Å². The van der Waals surface area contributed by atoms with Gasteiger partial charge in [-0.25, -0.2) is 0 Å². The van der Waals surface area contributed by atoms with Crippen LogP contribution in [0.15, 0.2) is 84.9 Å². The lowest BCUT2D eigenvalue weighted by Gasteiger charge is -2.15. The summed E-state index contributed by atoms with van der Waals surface area (Å²) < 4.78 is 0. The lowest BCUT2D eigenvalue weighted by molar-refractivity contribution is 0.103. The van der Waals surface area contributed by atoms with E-state index in [2.05, 4.69) is 9.97 Å². The first-order valence-electron chi connectivity index (χ1n) is 8.74. The van der Waals surface area contributed by atoms with Crippen LogP contribution >= 0.6 is 0 Å². The molecule has 0 aliphatic rings. The SMILES string of the molecule is O=Cc1ccc(C(c2ccccc2)c2ccc(C(=O)c3ccccc3)[nH]2)[nH]1. The predicted octanol–water partition coefficient (Wildman–Crippen LogP) is 4.57. The average Bonchev–Trinajstić information content (AvgIpc) is 3.39. The van der Waals surface area contributed by atoms with E-state index >= 15 is 0 Å². The van der Waals surface area contributed by atoms with Gasteiger partial charge in [0.1, 0.15) is 0 Å². The first-order chi connectivity index (χ1) is 13.3. The van der Waals surface area contributed by atoms with E-state index in [0.29, 0.717) is 17.0 Å². The zero-order chi connectivity index (χ0) is 18.6. The third-order valence-corrected chi connectivity index (χ3v) is 4.60. The standard InChI is InChI=1S/C23H18N2O2/c26-15-18-11-12-19(24-18)22(16-7-3-1-4-8-16)20-13-14-21(25-20)23(27)17-9-5-2-6-10-17/h1-15,22,24-25H. The zero-order valence-corrected chi connectivity index (χ0v) is 14.6. The van der Waals surface area contributed by atoms with Gasteiger partial charge in [0.25, 0.3) is 0 Å². The number of benzene rings is 2. The minimum absolute atomic E-state index is 0.0475. The van der Waals surface area contributed by atoms with Gasteiger partial charge in [-0.15, -0.1) is 0 Å². The van der Waals surface area contributed by atoms with E-state index in [1.165, 1.54) is 0 Å². The molecule has 0 fully saturated rings. The molecule has 0 radical (unpaired) electrons. The van der Waals surface area contributed by atoms with Gasteiger partial charge in [0.05, 0.1) is 17.3 Å². The van der Waals surface area contributed by atoms with E-state index in [-0.39, 0.29) is 11.7 Å². The van der Waals surface area contributed by atoms with Gasteiger partial charge in [0, 0.05) is 17.0 Å². The van der Waals surface area contributed by atoms with Gasteiger partial charge in [-0.05, 0) is 29.8 Å². The molecule has 27 heavy (non-hydrogen) atoms. The smallest absolute Gasteiger partial charge is 0.209 e. The Morgan fingerprint density at radius 1 is 0.741 bits per heavy atom. The number of hydrogen-bond donors (Lipinski definition) is 2. The summed E-state index contributed by atoms with van der Waals surface area (Å²) in [5, 5.41) is 0. The molecular formula is C23H18N2O2. The van der Waals surface area contributed by atoms with Gasteiger partial charge in [0.2, 0.25) is 5.78 Å². The van der Waals surface area contributed by atoms with Crippen LogP contribution in [0.4, 0.5) is 0 Å². The normalized spacial score (nSPS) is 11.9. The Bertz CT molecular complexity index is 1060. The van der Waals surface area contributed by atoms with Gasteiger partial charge in [-0.3, -0.25) is 9.59 Å². The van der Waals surface area contributed by atoms with Crippen LogP contribution in [0.5, 0.6) is 0 Å². The van der Waals surface area contributed by atoms with Crippen molar-refractivity contribution in [2.24, 2.45) is 0 Å². The van der Waals surface area contributed by atoms with Crippen molar-refractivity contribution >= 4 is 12.1 Å². The number of carbonyl (C=O) groups excluding carboxylic acids is 2. The maximum absolute atomic E-state index is 12.7. The topological polar surface area (TPSA) is 65.7 Å². The highest BCUT2D eigenvalue weighted by molar-refractivity contribution is 6.07. The second-order valence-electron chi connectivity index (χ2n) is 6.35. The molecule has 1 atom stereocenters.